The minimum absolute atomic E-state index is 0.612. The first-order valence-corrected chi connectivity index (χ1v) is 5.97. The minimum atomic E-state index is -0.689. The molecule has 1 aromatic rings. The molecule has 0 aromatic heterocycles. The SMILES string of the molecule is COc1ccc(CN(C)CC(C)(C)O)cc1OC. The Labute approximate surface area is 109 Å². The van der Waals surface area contributed by atoms with Crippen LogP contribution in [0.5, 0.6) is 11.5 Å². The van der Waals surface area contributed by atoms with E-state index in [1.807, 2.05) is 25.2 Å². The number of likely N-dealkylation sites (N-methyl/N-ethyl adjacent to an activating group) is 1. The first kappa shape index (κ1) is 14.8. The van der Waals surface area contributed by atoms with Crippen LogP contribution in [0.4, 0.5) is 0 Å². The second-order valence-electron chi connectivity index (χ2n) is 5.17. The maximum Gasteiger partial charge on any atom is 0.161 e. The van der Waals surface area contributed by atoms with Crippen molar-refractivity contribution in [2.24, 2.45) is 0 Å². The number of rotatable bonds is 6. The molecule has 4 heteroatoms. The lowest BCUT2D eigenvalue weighted by molar-refractivity contribution is 0.0424. The van der Waals surface area contributed by atoms with Crippen molar-refractivity contribution in [3.63, 3.8) is 0 Å². The molecule has 0 bridgehead atoms. The van der Waals surface area contributed by atoms with Crippen LogP contribution in [0, 0.1) is 0 Å². The zero-order valence-corrected chi connectivity index (χ0v) is 11.9. The molecular formula is C14H23NO3. The van der Waals surface area contributed by atoms with E-state index in [1.165, 1.54) is 0 Å². The summed E-state index contributed by atoms with van der Waals surface area (Å²) in [6.45, 7) is 4.97. The second-order valence-corrected chi connectivity index (χ2v) is 5.17. The van der Waals surface area contributed by atoms with Gasteiger partial charge >= 0.3 is 0 Å². The number of benzene rings is 1. The van der Waals surface area contributed by atoms with Gasteiger partial charge in [0.05, 0.1) is 19.8 Å². The van der Waals surface area contributed by atoms with Crippen LogP contribution in [-0.4, -0.2) is 43.4 Å². The Balaban J connectivity index is 2.73. The lowest BCUT2D eigenvalue weighted by Gasteiger charge is -2.25. The molecule has 0 atom stereocenters. The monoisotopic (exact) mass is 253 g/mol. The average Bonchev–Trinajstić information content (AvgIpc) is 2.26. The molecule has 1 aromatic carbocycles. The Kier molecular flexibility index (Phi) is 4.99. The van der Waals surface area contributed by atoms with Gasteiger partial charge in [-0.25, -0.2) is 0 Å². The normalized spacial score (nSPS) is 11.7. The summed E-state index contributed by atoms with van der Waals surface area (Å²) in [5, 5.41) is 9.76. The minimum Gasteiger partial charge on any atom is -0.493 e. The molecule has 0 unspecified atom stereocenters. The fourth-order valence-electron chi connectivity index (χ4n) is 2.01. The van der Waals surface area contributed by atoms with Crippen LogP contribution >= 0.6 is 0 Å². The van der Waals surface area contributed by atoms with E-state index >= 15 is 0 Å². The van der Waals surface area contributed by atoms with Crippen LogP contribution in [0.2, 0.25) is 0 Å². The van der Waals surface area contributed by atoms with Gasteiger partial charge < -0.3 is 14.6 Å². The highest BCUT2D eigenvalue weighted by Gasteiger charge is 2.16. The molecule has 4 nitrogen and oxygen atoms in total. The average molecular weight is 253 g/mol. The zero-order valence-electron chi connectivity index (χ0n) is 11.9. The van der Waals surface area contributed by atoms with Gasteiger partial charge in [-0.15, -0.1) is 0 Å². The lowest BCUT2D eigenvalue weighted by atomic mass is 10.1. The van der Waals surface area contributed by atoms with E-state index in [2.05, 4.69) is 4.90 Å². The lowest BCUT2D eigenvalue weighted by Crippen LogP contribution is -2.35. The highest BCUT2D eigenvalue weighted by Crippen LogP contribution is 2.28. The molecule has 1 N–H and O–H groups in total. The van der Waals surface area contributed by atoms with Gasteiger partial charge in [-0.05, 0) is 38.6 Å². The van der Waals surface area contributed by atoms with Crippen molar-refractivity contribution in [1.29, 1.82) is 0 Å². The Morgan fingerprint density at radius 1 is 1.17 bits per heavy atom. The van der Waals surface area contributed by atoms with Crippen LogP contribution < -0.4 is 9.47 Å². The van der Waals surface area contributed by atoms with E-state index in [4.69, 9.17) is 9.47 Å². The molecule has 0 saturated heterocycles. The van der Waals surface area contributed by atoms with E-state index < -0.39 is 5.60 Å². The van der Waals surface area contributed by atoms with Crippen molar-refractivity contribution in [2.45, 2.75) is 26.0 Å². The number of hydrogen-bond acceptors (Lipinski definition) is 4. The number of nitrogens with zero attached hydrogens (tertiary/aromatic N) is 1. The molecular weight excluding hydrogens is 230 g/mol. The molecule has 0 aliphatic heterocycles. The van der Waals surface area contributed by atoms with Gasteiger partial charge in [-0.1, -0.05) is 6.07 Å². The number of aliphatic hydroxyl groups is 1. The quantitative estimate of drug-likeness (QED) is 0.841. The predicted octanol–water partition coefficient (Wildman–Crippen LogP) is 1.91. The van der Waals surface area contributed by atoms with E-state index in [-0.39, 0.29) is 0 Å². The van der Waals surface area contributed by atoms with Crippen molar-refractivity contribution in [2.75, 3.05) is 27.8 Å². The number of ether oxygens (including phenoxy) is 2. The largest absolute Gasteiger partial charge is 0.493 e. The summed E-state index contributed by atoms with van der Waals surface area (Å²) in [4.78, 5) is 2.07. The van der Waals surface area contributed by atoms with Crippen molar-refractivity contribution in [3.8, 4) is 11.5 Å². The van der Waals surface area contributed by atoms with Crippen molar-refractivity contribution in [1.82, 2.24) is 4.90 Å². The third-order valence-electron chi connectivity index (χ3n) is 2.56. The molecule has 18 heavy (non-hydrogen) atoms. The Morgan fingerprint density at radius 3 is 2.28 bits per heavy atom. The Hall–Kier alpha value is -1.26. The molecule has 0 aliphatic carbocycles. The standard InChI is InChI=1S/C14H23NO3/c1-14(2,16)10-15(3)9-11-6-7-12(17-4)13(8-11)18-5/h6-8,16H,9-10H2,1-5H3. The predicted molar refractivity (Wildman–Crippen MR) is 72.2 cm³/mol. The maximum absolute atomic E-state index is 9.76. The summed E-state index contributed by atoms with van der Waals surface area (Å²) in [6.07, 6.45) is 0. The van der Waals surface area contributed by atoms with Gasteiger partial charge in [0.2, 0.25) is 0 Å². The summed E-state index contributed by atoms with van der Waals surface area (Å²) in [7, 11) is 5.23. The summed E-state index contributed by atoms with van der Waals surface area (Å²) in [6, 6.07) is 5.86. The topological polar surface area (TPSA) is 41.9 Å². The van der Waals surface area contributed by atoms with Crippen LogP contribution in [0.25, 0.3) is 0 Å². The Bertz CT molecular complexity index is 385. The van der Waals surface area contributed by atoms with Crippen LogP contribution in [0.3, 0.4) is 0 Å². The smallest absolute Gasteiger partial charge is 0.161 e. The van der Waals surface area contributed by atoms with Crippen molar-refractivity contribution in [3.05, 3.63) is 23.8 Å². The second kappa shape index (κ2) is 6.07. The van der Waals surface area contributed by atoms with Crippen molar-refractivity contribution >= 4 is 0 Å². The summed E-state index contributed by atoms with van der Waals surface area (Å²) in [5.74, 6) is 1.46. The number of hydrogen-bond donors (Lipinski definition) is 1. The van der Waals surface area contributed by atoms with Crippen LogP contribution in [0.15, 0.2) is 18.2 Å². The highest BCUT2D eigenvalue weighted by atomic mass is 16.5. The molecule has 0 amide bonds. The van der Waals surface area contributed by atoms with E-state index in [0.717, 1.165) is 23.6 Å². The van der Waals surface area contributed by atoms with E-state index in [1.54, 1.807) is 28.1 Å². The maximum atomic E-state index is 9.76. The molecule has 0 spiro atoms. The van der Waals surface area contributed by atoms with Crippen LogP contribution in [0.1, 0.15) is 19.4 Å². The van der Waals surface area contributed by atoms with Gasteiger partial charge in [0.15, 0.2) is 11.5 Å². The molecule has 1 rings (SSSR count). The molecule has 0 radical (unpaired) electrons. The summed E-state index contributed by atoms with van der Waals surface area (Å²) >= 11 is 0. The molecule has 0 fully saturated rings. The molecule has 102 valence electrons. The fraction of sp³-hybridized carbons (Fsp3) is 0.571. The molecule has 0 saturated carbocycles. The van der Waals surface area contributed by atoms with Gasteiger partial charge in [-0.2, -0.15) is 0 Å². The molecule has 0 aliphatic rings. The summed E-state index contributed by atoms with van der Waals surface area (Å²) in [5.41, 5.74) is 0.435. The van der Waals surface area contributed by atoms with Gasteiger partial charge in [0.1, 0.15) is 0 Å². The zero-order chi connectivity index (χ0) is 13.8. The van der Waals surface area contributed by atoms with Gasteiger partial charge in [-0.3, -0.25) is 4.90 Å². The first-order chi connectivity index (χ1) is 8.35. The van der Waals surface area contributed by atoms with Gasteiger partial charge in [0, 0.05) is 13.1 Å². The highest BCUT2D eigenvalue weighted by molar-refractivity contribution is 5.42. The van der Waals surface area contributed by atoms with E-state index in [9.17, 15) is 5.11 Å². The van der Waals surface area contributed by atoms with Crippen molar-refractivity contribution < 1.29 is 14.6 Å². The number of methoxy groups -OCH3 is 2. The first-order valence-electron chi connectivity index (χ1n) is 5.97. The summed E-state index contributed by atoms with van der Waals surface area (Å²) < 4.78 is 10.5. The third-order valence-corrected chi connectivity index (χ3v) is 2.56. The van der Waals surface area contributed by atoms with Gasteiger partial charge in [0.25, 0.3) is 0 Å². The Morgan fingerprint density at radius 2 is 1.78 bits per heavy atom. The molecule has 0 heterocycles. The van der Waals surface area contributed by atoms with E-state index in [0.29, 0.717) is 6.54 Å². The van der Waals surface area contributed by atoms with Crippen LogP contribution in [-0.2, 0) is 6.54 Å². The fourth-order valence-corrected chi connectivity index (χ4v) is 2.01. The third kappa shape index (κ3) is 4.55.